The van der Waals surface area contributed by atoms with E-state index in [-0.39, 0.29) is 0 Å². The van der Waals surface area contributed by atoms with Gasteiger partial charge in [-0.05, 0) is 12.2 Å². The van der Waals surface area contributed by atoms with Gasteiger partial charge in [0.05, 0.1) is 0 Å². The van der Waals surface area contributed by atoms with Crippen LogP contribution in [0.1, 0.15) is 13.3 Å². The van der Waals surface area contributed by atoms with Crippen LogP contribution in [0.2, 0.25) is 0 Å². The van der Waals surface area contributed by atoms with E-state index in [2.05, 4.69) is 22.2 Å². The molecule has 1 aromatic heterocycles. The maximum atomic E-state index is 4.60. The largest absolute Gasteiger partial charge is 0.373 e. The molecule has 4 heteroatoms. The van der Waals surface area contributed by atoms with Crippen LogP contribution in [0, 0.1) is 0 Å². The molecule has 0 aliphatic rings. The molecule has 0 fully saturated rings. The zero-order chi connectivity index (χ0) is 12.8. The molecule has 0 saturated heterocycles. The van der Waals surface area contributed by atoms with Crippen molar-refractivity contribution in [2.75, 3.05) is 18.1 Å². The van der Waals surface area contributed by atoms with E-state index in [0.717, 1.165) is 34.4 Å². The molecule has 0 bridgehead atoms. The second-order valence-corrected chi connectivity index (χ2v) is 4.99. The van der Waals surface area contributed by atoms with E-state index in [9.17, 15) is 0 Å². The summed E-state index contributed by atoms with van der Waals surface area (Å²) < 4.78 is 0. The Morgan fingerprint density at radius 1 is 1.17 bits per heavy atom. The fourth-order valence-corrected chi connectivity index (χ4v) is 2.31. The molecule has 0 atom stereocenters. The molecule has 2 rings (SSSR count). The Morgan fingerprint density at radius 3 is 2.61 bits per heavy atom. The molecule has 2 aromatic rings. The van der Waals surface area contributed by atoms with Crippen molar-refractivity contribution in [3.8, 4) is 11.4 Å². The lowest BCUT2D eigenvalue weighted by Crippen LogP contribution is -1.98. The van der Waals surface area contributed by atoms with Crippen molar-refractivity contribution in [1.82, 2.24) is 9.97 Å². The summed E-state index contributed by atoms with van der Waals surface area (Å²) in [5.74, 6) is 2.72. The van der Waals surface area contributed by atoms with Crippen LogP contribution in [0.3, 0.4) is 0 Å². The highest BCUT2D eigenvalue weighted by atomic mass is 32.2. The van der Waals surface area contributed by atoms with E-state index in [0.29, 0.717) is 0 Å². The quantitative estimate of drug-likeness (QED) is 0.656. The van der Waals surface area contributed by atoms with Crippen LogP contribution >= 0.6 is 11.8 Å². The summed E-state index contributed by atoms with van der Waals surface area (Å²) >= 11 is 1.77. The molecule has 0 amide bonds. The van der Waals surface area contributed by atoms with Crippen LogP contribution < -0.4 is 5.32 Å². The first-order valence-electron chi connectivity index (χ1n) is 6.08. The number of hydrogen-bond acceptors (Lipinski definition) is 4. The second kappa shape index (κ2) is 6.40. The molecule has 1 aromatic carbocycles. The standard InChI is InChI=1S/C14H17N3S/c1-3-9-18-13-10-12(15-2)16-14(17-13)11-7-5-4-6-8-11/h4-8,10H,3,9H2,1-2H3,(H,15,16,17). The molecule has 1 N–H and O–H groups in total. The molecular weight excluding hydrogens is 242 g/mol. The molecule has 0 spiro atoms. The van der Waals surface area contributed by atoms with Crippen molar-refractivity contribution in [2.24, 2.45) is 0 Å². The molecule has 1 heterocycles. The Labute approximate surface area is 112 Å². The maximum Gasteiger partial charge on any atom is 0.162 e. The number of nitrogens with zero attached hydrogens (tertiary/aromatic N) is 2. The fraction of sp³-hybridized carbons (Fsp3) is 0.286. The van der Waals surface area contributed by atoms with Gasteiger partial charge in [-0.25, -0.2) is 9.97 Å². The number of aromatic nitrogens is 2. The van der Waals surface area contributed by atoms with Gasteiger partial charge in [0.25, 0.3) is 0 Å². The third-order valence-electron chi connectivity index (χ3n) is 2.44. The average Bonchev–Trinajstić information content (AvgIpc) is 2.45. The van der Waals surface area contributed by atoms with Gasteiger partial charge in [-0.1, -0.05) is 37.3 Å². The minimum absolute atomic E-state index is 0.779. The molecule has 0 radical (unpaired) electrons. The van der Waals surface area contributed by atoms with Gasteiger partial charge in [0, 0.05) is 18.7 Å². The highest BCUT2D eigenvalue weighted by Gasteiger charge is 2.06. The monoisotopic (exact) mass is 259 g/mol. The molecular formula is C14H17N3S. The Bertz CT molecular complexity index is 500. The Kier molecular flexibility index (Phi) is 4.59. The summed E-state index contributed by atoms with van der Waals surface area (Å²) in [4.78, 5) is 9.10. The molecule has 3 nitrogen and oxygen atoms in total. The predicted molar refractivity (Wildman–Crippen MR) is 78.0 cm³/mol. The number of benzene rings is 1. The van der Waals surface area contributed by atoms with Crippen molar-refractivity contribution >= 4 is 17.6 Å². The Balaban J connectivity index is 2.35. The fourth-order valence-electron chi connectivity index (χ4n) is 1.55. The van der Waals surface area contributed by atoms with E-state index < -0.39 is 0 Å². The predicted octanol–water partition coefficient (Wildman–Crippen LogP) is 3.69. The molecule has 0 aliphatic heterocycles. The second-order valence-electron chi connectivity index (χ2n) is 3.88. The van der Waals surface area contributed by atoms with Gasteiger partial charge in [-0.15, -0.1) is 11.8 Å². The average molecular weight is 259 g/mol. The first-order chi connectivity index (χ1) is 8.83. The third-order valence-corrected chi connectivity index (χ3v) is 3.56. The lowest BCUT2D eigenvalue weighted by molar-refractivity contribution is 1.04. The van der Waals surface area contributed by atoms with Gasteiger partial charge in [-0.2, -0.15) is 0 Å². The number of rotatable bonds is 5. The summed E-state index contributed by atoms with van der Waals surface area (Å²) in [6, 6.07) is 12.1. The molecule has 94 valence electrons. The van der Waals surface area contributed by atoms with Gasteiger partial charge in [0.15, 0.2) is 5.82 Å². The number of anilines is 1. The van der Waals surface area contributed by atoms with Gasteiger partial charge in [0.1, 0.15) is 10.8 Å². The first-order valence-corrected chi connectivity index (χ1v) is 7.07. The number of nitrogens with one attached hydrogen (secondary N) is 1. The van der Waals surface area contributed by atoms with Crippen molar-refractivity contribution in [2.45, 2.75) is 18.4 Å². The van der Waals surface area contributed by atoms with Gasteiger partial charge >= 0.3 is 0 Å². The zero-order valence-electron chi connectivity index (χ0n) is 10.7. The zero-order valence-corrected chi connectivity index (χ0v) is 11.5. The van der Waals surface area contributed by atoms with Crippen LogP contribution in [-0.2, 0) is 0 Å². The van der Waals surface area contributed by atoms with Gasteiger partial charge < -0.3 is 5.32 Å². The summed E-state index contributed by atoms with van der Waals surface area (Å²) in [5, 5.41) is 4.11. The van der Waals surface area contributed by atoms with E-state index >= 15 is 0 Å². The normalized spacial score (nSPS) is 10.3. The minimum Gasteiger partial charge on any atom is -0.373 e. The van der Waals surface area contributed by atoms with Crippen LogP contribution in [0.15, 0.2) is 41.4 Å². The summed E-state index contributed by atoms with van der Waals surface area (Å²) in [6.45, 7) is 2.17. The summed E-state index contributed by atoms with van der Waals surface area (Å²) in [6.07, 6.45) is 1.14. The van der Waals surface area contributed by atoms with Gasteiger partial charge in [0.2, 0.25) is 0 Å². The van der Waals surface area contributed by atoms with Crippen LogP contribution in [0.4, 0.5) is 5.82 Å². The lowest BCUT2D eigenvalue weighted by atomic mass is 10.2. The smallest absolute Gasteiger partial charge is 0.162 e. The third kappa shape index (κ3) is 3.23. The summed E-state index contributed by atoms with van der Waals surface area (Å²) in [7, 11) is 1.88. The van der Waals surface area contributed by atoms with Crippen LogP contribution in [0.5, 0.6) is 0 Å². The topological polar surface area (TPSA) is 37.8 Å². The first kappa shape index (κ1) is 12.9. The minimum atomic E-state index is 0.779. The van der Waals surface area contributed by atoms with Gasteiger partial charge in [-0.3, -0.25) is 0 Å². The molecule has 0 aliphatic carbocycles. The highest BCUT2D eigenvalue weighted by molar-refractivity contribution is 7.99. The maximum absolute atomic E-state index is 4.60. The van der Waals surface area contributed by atoms with Crippen molar-refractivity contribution in [1.29, 1.82) is 0 Å². The Morgan fingerprint density at radius 2 is 1.94 bits per heavy atom. The number of hydrogen-bond donors (Lipinski definition) is 1. The number of thioether (sulfide) groups is 1. The highest BCUT2D eigenvalue weighted by Crippen LogP contribution is 2.23. The van der Waals surface area contributed by atoms with Crippen LogP contribution in [-0.4, -0.2) is 22.8 Å². The van der Waals surface area contributed by atoms with Crippen molar-refractivity contribution in [3.63, 3.8) is 0 Å². The van der Waals surface area contributed by atoms with E-state index in [1.807, 2.05) is 43.4 Å². The van der Waals surface area contributed by atoms with E-state index in [4.69, 9.17) is 0 Å². The summed E-state index contributed by atoms with van der Waals surface area (Å²) in [5.41, 5.74) is 1.05. The van der Waals surface area contributed by atoms with Crippen LogP contribution in [0.25, 0.3) is 11.4 Å². The Hall–Kier alpha value is -1.55. The van der Waals surface area contributed by atoms with E-state index in [1.54, 1.807) is 11.8 Å². The SMILES string of the molecule is CCCSc1cc(NC)nc(-c2ccccc2)n1. The lowest BCUT2D eigenvalue weighted by Gasteiger charge is -2.07. The molecule has 0 unspecified atom stereocenters. The van der Waals surface area contributed by atoms with Crippen molar-refractivity contribution in [3.05, 3.63) is 36.4 Å². The molecule has 0 saturated carbocycles. The molecule has 18 heavy (non-hydrogen) atoms. The van der Waals surface area contributed by atoms with E-state index in [1.165, 1.54) is 0 Å². The van der Waals surface area contributed by atoms with Crippen molar-refractivity contribution < 1.29 is 0 Å².